The quantitative estimate of drug-likeness (QED) is 0.705. The van der Waals surface area contributed by atoms with Crippen LogP contribution in [0.1, 0.15) is 15.9 Å². The highest BCUT2D eigenvalue weighted by Crippen LogP contribution is 2.29. The Morgan fingerprint density at radius 2 is 2.09 bits per heavy atom. The molecule has 4 nitrogen and oxygen atoms in total. The molecule has 1 heterocycles. The van der Waals surface area contributed by atoms with Crippen molar-refractivity contribution in [3.8, 4) is 5.75 Å². The molecule has 0 fully saturated rings. The summed E-state index contributed by atoms with van der Waals surface area (Å²) in [7, 11) is 3.51. The Kier molecular flexibility index (Phi) is 4.24. The molecule has 0 aliphatic carbocycles. The van der Waals surface area contributed by atoms with Gasteiger partial charge in [0.25, 0.3) is 5.91 Å². The van der Waals surface area contributed by atoms with Crippen molar-refractivity contribution in [1.82, 2.24) is 4.57 Å². The minimum atomic E-state index is -0.314. The first-order chi connectivity index (χ1) is 11.0. The van der Waals surface area contributed by atoms with E-state index < -0.39 is 0 Å². The molecule has 2 aromatic carbocycles. The molecule has 0 atom stereocenters. The molecular weight excluding hydrogens is 332 g/mol. The Morgan fingerprint density at radius 3 is 2.78 bits per heavy atom. The number of fused-ring (bicyclic) bond motifs is 1. The van der Waals surface area contributed by atoms with Gasteiger partial charge in [-0.25, -0.2) is 0 Å². The van der Waals surface area contributed by atoms with Gasteiger partial charge in [-0.2, -0.15) is 4.99 Å². The van der Waals surface area contributed by atoms with Gasteiger partial charge >= 0.3 is 0 Å². The highest BCUT2D eigenvalue weighted by Gasteiger charge is 2.12. The van der Waals surface area contributed by atoms with Crippen molar-refractivity contribution in [1.29, 1.82) is 0 Å². The molecule has 0 bridgehead atoms. The smallest absolute Gasteiger partial charge is 0.279 e. The average Bonchev–Trinajstić information content (AvgIpc) is 2.86. The number of aromatic nitrogens is 1. The van der Waals surface area contributed by atoms with Gasteiger partial charge in [0.05, 0.1) is 11.8 Å². The van der Waals surface area contributed by atoms with Crippen LogP contribution in [0.3, 0.4) is 0 Å². The van der Waals surface area contributed by atoms with Crippen molar-refractivity contribution < 1.29 is 9.53 Å². The van der Waals surface area contributed by atoms with Crippen LogP contribution in [0.2, 0.25) is 5.02 Å². The number of hydrogen-bond donors (Lipinski definition) is 0. The molecule has 0 N–H and O–H groups in total. The first-order valence-corrected chi connectivity index (χ1v) is 8.18. The van der Waals surface area contributed by atoms with Crippen LogP contribution in [0.25, 0.3) is 10.2 Å². The summed E-state index contributed by atoms with van der Waals surface area (Å²) < 4.78 is 8.37. The topological polar surface area (TPSA) is 43.6 Å². The lowest BCUT2D eigenvalue weighted by Crippen LogP contribution is -2.13. The number of halogens is 1. The van der Waals surface area contributed by atoms with Crippen molar-refractivity contribution in [2.24, 2.45) is 12.0 Å². The molecule has 23 heavy (non-hydrogen) atoms. The summed E-state index contributed by atoms with van der Waals surface area (Å²) in [5.74, 6) is 0.451. The van der Waals surface area contributed by atoms with Gasteiger partial charge in [0.1, 0.15) is 11.3 Å². The van der Waals surface area contributed by atoms with Crippen molar-refractivity contribution in [3.05, 3.63) is 57.3 Å². The third-order valence-electron chi connectivity index (χ3n) is 3.60. The number of benzene rings is 2. The first kappa shape index (κ1) is 15.8. The van der Waals surface area contributed by atoms with Crippen LogP contribution in [0.4, 0.5) is 0 Å². The largest absolute Gasteiger partial charge is 0.495 e. The van der Waals surface area contributed by atoms with E-state index in [2.05, 4.69) is 4.99 Å². The van der Waals surface area contributed by atoms with Gasteiger partial charge < -0.3 is 9.30 Å². The molecule has 3 aromatic rings. The fraction of sp³-hybridized carbons (Fsp3) is 0.176. The Hall–Kier alpha value is -2.11. The normalized spacial score (nSPS) is 11.9. The summed E-state index contributed by atoms with van der Waals surface area (Å²) in [6.45, 7) is 2.03. The Balaban J connectivity index is 2.18. The second kappa shape index (κ2) is 6.18. The number of thiazole rings is 1. The number of hydrogen-bond acceptors (Lipinski definition) is 3. The van der Waals surface area contributed by atoms with E-state index in [1.807, 2.05) is 30.7 Å². The maximum absolute atomic E-state index is 12.4. The first-order valence-electron chi connectivity index (χ1n) is 6.99. The van der Waals surface area contributed by atoms with Crippen LogP contribution in [0, 0.1) is 6.92 Å². The molecule has 0 radical (unpaired) electrons. The summed E-state index contributed by atoms with van der Waals surface area (Å²) in [6.07, 6.45) is 0. The summed E-state index contributed by atoms with van der Waals surface area (Å²) >= 11 is 7.40. The zero-order chi connectivity index (χ0) is 16.6. The van der Waals surface area contributed by atoms with E-state index >= 15 is 0 Å². The van der Waals surface area contributed by atoms with E-state index in [-0.39, 0.29) is 5.91 Å². The molecule has 118 valence electrons. The number of rotatable bonds is 2. The van der Waals surface area contributed by atoms with Gasteiger partial charge in [-0.15, -0.1) is 0 Å². The second-order valence-corrected chi connectivity index (χ2v) is 6.55. The van der Waals surface area contributed by atoms with Gasteiger partial charge in [0.2, 0.25) is 0 Å². The molecule has 3 rings (SSSR count). The van der Waals surface area contributed by atoms with Crippen molar-refractivity contribution in [3.63, 3.8) is 0 Å². The number of amides is 1. The second-order valence-electron chi connectivity index (χ2n) is 5.13. The van der Waals surface area contributed by atoms with Gasteiger partial charge in [-0.05, 0) is 36.8 Å². The molecule has 1 amide bonds. The van der Waals surface area contributed by atoms with E-state index in [0.29, 0.717) is 15.4 Å². The van der Waals surface area contributed by atoms with Gasteiger partial charge in [-0.1, -0.05) is 35.1 Å². The molecule has 0 saturated carbocycles. The SMILES string of the molecule is COc1ccc(C)c2sc(=NC(=O)c3cccc(Cl)c3)n(C)c12. The molecule has 0 saturated heterocycles. The van der Waals surface area contributed by atoms with Crippen molar-refractivity contribution in [2.45, 2.75) is 6.92 Å². The van der Waals surface area contributed by atoms with E-state index in [4.69, 9.17) is 16.3 Å². The zero-order valence-electron chi connectivity index (χ0n) is 13.0. The van der Waals surface area contributed by atoms with Crippen molar-refractivity contribution in [2.75, 3.05) is 7.11 Å². The monoisotopic (exact) mass is 346 g/mol. The predicted octanol–water partition coefficient (Wildman–Crippen LogP) is 3.95. The van der Waals surface area contributed by atoms with Crippen LogP contribution in [-0.2, 0) is 7.05 Å². The van der Waals surface area contributed by atoms with Crippen LogP contribution < -0.4 is 9.54 Å². The maximum Gasteiger partial charge on any atom is 0.279 e. The molecular formula is C17H15ClN2O2S. The number of carbonyl (C=O) groups excluding carboxylic acids is 1. The fourth-order valence-electron chi connectivity index (χ4n) is 2.39. The summed E-state index contributed by atoms with van der Waals surface area (Å²) in [6, 6.07) is 10.7. The van der Waals surface area contributed by atoms with E-state index in [1.165, 1.54) is 11.3 Å². The highest BCUT2D eigenvalue weighted by atomic mass is 35.5. The van der Waals surface area contributed by atoms with Gasteiger partial charge in [-0.3, -0.25) is 4.79 Å². The maximum atomic E-state index is 12.4. The number of ether oxygens (including phenoxy) is 1. The van der Waals surface area contributed by atoms with Crippen LogP contribution in [0.5, 0.6) is 5.75 Å². The standard InChI is InChI=1S/C17H15ClN2O2S/c1-10-7-8-13(22-3)14-15(10)23-17(20(14)2)19-16(21)11-5-4-6-12(18)9-11/h4-9H,1-3H3. The summed E-state index contributed by atoms with van der Waals surface area (Å²) in [5.41, 5.74) is 2.53. The Bertz CT molecular complexity index is 972. The van der Waals surface area contributed by atoms with Crippen LogP contribution in [-0.4, -0.2) is 17.6 Å². The lowest BCUT2D eigenvalue weighted by atomic mass is 10.2. The van der Waals surface area contributed by atoms with E-state index in [9.17, 15) is 4.79 Å². The van der Waals surface area contributed by atoms with E-state index in [0.717, 1.165) is 21.5 Å². The highest BCUT2D eigenvalue weighted by molar-refractivity contribution is 7.16. The Labute approximate surface area is 142 Å². The third-order valence-corrected chi connectivity index (χ3v) is 5.10. The average molecular weight is 347 g/mol. The number of aryl methyl sites for hydroxylation is 2. The summed E-state index contributed by atoms with van der Waals surface area (Å²) in [4.78, 5) is 17.2. The van der Waals surface area contributed by atoms with Crippen LogP contribution in [0.15, 0.2) is 41.4 Å². The Morgan fingerprint density at radius 1 is 1.30 bits per heavy atom. The number of carbonyl (C=O) groups is 1. The number of nitrogens with zero attached hydrogens (tertiary/aromatic N) is 2. The molecule has 0 aliphatic heterocycles. The predicted molar refractivity (Wildman–Crippen MR) is 93.4 cm³/mol. The van der Waals surface area contributed by atoms with Crippen molar-refractivity contribution >= 4 is 39.1 Å². The fourth-order valence-corrected chi connectivity index (χ4v) is 3.68. The lowest BCUT2D eigenvalue weighted by molar-refractivity contribution is 0.0998. The minimum Gasteiger partial charge on any atom is -0.495 e. The lowest BCUT2D eigenvalue weighted by Gasteiger charge is -2.05. The molecule has 6 heteroatoms. The van der Waals surface area contributed by atoms with Gasteiger partial charge in [0.15, 0.2) is 4.80 Å². The number of methoxy groups -OCH3 is 1. The molecule has 0 unspecified atom stereocenters. The molecule has 0 spiro atoms. The van der Waals surface area contributed by atoms with Gasteiger partial charge in [0, 0.05) is 17.6 Å². The van der Waals surface area contributed by atoms with E-state index in [1.54, 1.807) is 31.4 Å². The zero-order valence-corrected chi connectivity index (χ0v) is 14.5. The molecule has 0 aliphatic rings. The minimum absolute atomic E-state index is 0.314. The third kappa shape index (κ3) is 2.90. The summed E-state index contributed by atoms with van der Waals surface area (Å²) in [5, 5.41) is 0.518. The molecule has 1 aromatic heterocycles. The van der Waals surface area contributed by atoms with Crippen LogP contribution >= 0.6 is 22.9 Å².